The lowest BCUT2D eigenvalue weighted by molar-refractivity contribution is 0.111. The Bertz CT molecular complexity index is 1230. The Balaban J connectivity index is 1.42. The Kier molecular flexibility index (Phi) is 4.24. The normalized spacial score (nSPS) is 12.7. The van der Waals surface area contributed by atoms with Gasteiger partial charge >= 0.3 is 0 Å². The van der Waals surface area contributed by atoms with Gasteiger partial charge < -0.3 is 14.6 Å². The Labute approximate surface area is 168 Å². The average molecular weight is 384 g/mol. The van der Waals surface area contributed by atoms with E-state index in [0.29, 0.717) is 23.5 Å². The number of fused-ring (bicyclic) bond motifs is 2. The summed E-state index contributed by atoms with van der Waals surface area (Å²) in [6, 6.07) is 15.6. The molecule has 0 saturated carbocycles. The molecule has 0 atom stereocenters. The number of nitrogens with zero attached hydrogens (tertiary/aromatic N) is 3. The number of ether oxygens (including phenoxy) is 1. The van der Waals surface area contributed by atoms with Crippen molar-refractivity contribution in [1.82, 2.24) is 14.5 Å². The first-order valence-corrected chi connectivity index (χ1v) is 9.64. The molecule has 0 aliphatic heterocycles. The van der Waals surface area contributed by atoms with Crippen LogP contribution < -0.4 is 10.1 Å². The van der Waals surface area contributed by atoms with Gasteiger partial charge in [-0.2, -0.15) is 0 Å². The molecule has 0 radical (unpaired) electrons. The zero-order chi connectivity index (χ0) is 19.8. The predicted molar refractivity (Wildman–Crippen MR) is 112 cm³/mol. The highest BCUT2D eigenvalue weighted by molar-refractivity contribution is 5.81. The van der Waals surface area contributed by atoms with Crippen molar-refractivity contribution < 1.29 is 9.53 Å². The minimum Gasteiger partial charge on any atom is -0.457 e. The van der Waals surface area contributed by atoms with Crippen LogP contribution >= 0.6 is 0 Å². The molecule has 6 heteroatoms. The third-order valence-electron chi connectivity index (χ3n) is 5.32. The average Bonchev–Trinajstić information content (AvgIpc) is 3.32. The number of carbonyl (C=O) groups excluding carboxylic acids is 1. The van der Waals surface area contributed by atoms with E-state index in [9.17, 15) is 4.79 Å². The van der Waals surface area contributed by atoms with Gasteiger partial charge in [-0.1, -0.05) is 6.07 Å². The van der Waals surface area contributed by atoms with Crippen LogP contribution in [0.2, 0.25) is 0 Å². The summed E-state index contributed by atoms with van der Waals surface area (Å²) in [7, 11) is 1.99. The molecule has 1 aliphatic carbocycles. The third-order valence-corrected chi connectivity index (χ3v) is 5.32. The minimum atomic E-state index is 0.335. The van der Waals surface area contributed by atoms with E-state index in [1.165, 1.54) is 24.0 Å². The number of aryl methyl sites for hydroxylation is 3. The number of carbonyl (C=O) groups is 1. The van der Waals surface area contributed by atoms with Gasteiger partial charge in [-0.25, -0.2) is 4.98 Å². The summed E-state index contributed by atoms with van der Waals surface area (Å²) in [5.41, 5.74) is 6.11. The van der Waals surface area contributed by atoms with E-state index in [4.69, 9.17) is 9.72 Å². The van der Waals surface area contributed by atoms with E-state index in [1.807, 2.05) is 29.8 Å². The van der Waals surface area contributed by atoms with Gasteiger partial charge in [0, 0.05) is 31.1 Å². The van der Waals surface area contributed by atoms with E-state index in [-0.39, 0.29) is 0 Å². The van der Waals surface area contributed by atoms with E-state index in [0.717, 1.165) is 29.1 Å². The van der Waals surface area contributed by atoms with Crippen molar-refractivity contribution >= 4 is 29.0 Å². The number of pyridine rings is 1. The largest absolute Gasteiger partial charge is 0.457 e. The number of nitrogens with one attached hydrogen (secondary N) is 1. The summed E-state index contributed by atoms with van der Waals surface area (Å²) in [6.45, 7) is 0. The molecule has 0 amide bonds. The van der Waals surface area contributed by atoms with Crippen molar-refractivity contribution in [2.75, 3.05) is 5.32 Å². The highest BCUT2D eigenvalue weighted by atomic mass is 16.5. The van der Waals surface area contributed by atoms with Crippen LogP contribution in [0, 0.1) is 0 Å². The molecule has 0 saturated heterocycles. The van der Waals surface area contributed by atoms with Gasteiger partial charge in [0.15, 0.2) is 6.29 Å². The van der Waals surface area contributed by atoms with Crippen molar-refractivity contribution in [3.05, 3.63) is 71.5 Å². The molecule has 0 unspecified atom stereocenters. The lowest BCUT2D eigenvalue weighted by Crippen LogP contribution is -1.99. The molecule has 4 aromatic rings. The zero-order valence-corrected chi connectivity index (χ0v) is 16.1. The first-order valence-electron chi connectivity index (χ1n) is 9.64. The minimum absolute atomic E-state index is 0.335. The molecule has 6 nitrogen and oxygen atoms in total. The fourth-order valence-electron chi connectivity index (χ4n) is 3.83. The highest BCUT2D eigenvalue weighted by Crippen LogP contribution is 2.30. The molecule has 1 N–H and O–H groups in total. The van der Waals surface area contributed by atoms with Gasteiger partial charge in [0.2, 0.25) is 5.95 Å². The van der Waals surface area contributed by atoms with Gasteiger partial charge in [-0.15, -0.1) is 0 Å². The maximum Gasteiger partial charge on any atom is 0.208 e. The Morgan fingerprint density at radius 3 is 2.79 bits per heavy atom. The molecule has 0 bridgehead atoms. The fourth-order valence-corrected chi connectivity index (χ4v) is 3.83. The molecule has 1 aliphatic rings. The lowest BCUT2D eigenvalue weighted by Gasteiger charge is -2.08. The maximum absolute atomic E-state index is 10.9. The number of rotatable bonds is 5. The van der Waals surface area contributed by atoms with Crippen molar-refractivity contribution in [1.29, 1.82) is 0 Å². The SMILES string of the molecule is Cn1c(Nc2ccc3c(c2)CCC3)nc2cc(Oc3ccnc(C=O)c3)ccc21. The number of aromatic nitrogens is 3. The number of hydrogen-bond donors (Lipinski definition) is 1. The van der Waals surface area contributed by atoms with Crippen molar-refractivity contribution in [3.63, 3.8) is 0 Å². The second kappa shape index (κ2) is 7.05. The standard InChI is InChI=1S/C23H20N4O2/c1-27-22-8-7-19(29-20-9-10-24-18(12-20)14-28)13-21(22)26-23(27)25-17-6-5-15-3-2-4-16(15)11-17/h5-14H,2-4H2,1H3,(H,25,26). The van der Waals surface area contributed by atoms with Crippen LogP contribution in [0.25, 0.3) is 11.0 Å². The summed E-state index contributed by atoms with van der Waals surface area (Å²) in [4.78, 5) is 19.6. The summed E-state index contributed by atoms with van der Waals surface area (Å²) < 4.78 is 7.91. The van der Waals surface area contributed by atoms with Gasteiger partial charge in [0.1, 0.15) is 17.2 Å². The van der Waals surface area contributed by atoms with Gasteiger partial charge in [-0.3, -0.25) is 9.78 Å². The molecular weight excluding hydrogens is 364 g/mol. The van der Waals surface area contributed by atoms with E-state index in [2.05, 4.69) is 28.5 Å². The molecule has 29 heavy (non-hydrogen) atoms. The predicted octanol–water partition coefficient (Wildman–Crippen LogP) is 4.81. The van der Waals surface area contributed by atoms with Crippen LogP contribution in [0.15, 0.2) is 54.7 Å². The van der Waals surface area contributed by atoms with Crippen LogP contribution in [0.3, 0.4) is 0 Å². The van der Waals surface area contributed by atoms with Crippen LogP contribution in [-0.4, -0.2) is 20.8 Å². The molecule has 2 aromatic heterocycles. The molecule has 2 heterocycles. The van der Waals surface area contributed by atoms with E-state index >= 15 is 0 Å². The van der Waals surface area contributed by atoms with E-state index < -0.39 is 0 Å². The summed E-state index contributed by atoms with van der Waals surface area (Å²) in [5.74, 6) is 2.00. The number of imidazole rings is 1. The van der Waals surface area contributed by atoms with Crippen molar-refractivity contribution in [3.8, 4) is 11.5 Å². The Hall–Kier alpha value is -3.67. The summed E-state index contributed by atoms with van der Waals surface area (Å²) in [6.07, 6.45) is 5.81. The molecule has 144 valence electrons. The first kappa shape index (κ1) is 17.4. The first-order chi connectivity index (χ1) is 14.2. The summed E-state index contributed by atoms with van der Waals surface area (Å²) >= 11 is 0. The summed E-state index contributed by atoms with van der Waals surface area (Å²) in [5, 5.41) is 3.44. The van der Waals surface area contributed by atoms with Crippen molar-refractivity contribution in [2.45, 2.75) is 19.3 Å². The maximum atomic E-state index is 10.9. The number of aldehydes is 1. The van der Waals surface area contributed by atoms with Crippen LogP contribution in [0.4, 0.5) is 11.6 Å². The number of benzene rings is 2. The molecular formula is C23H20N4O2. The van der Waals surface area contributed by atoms with Gasteiger partial charge in [0.05, 0.1) is 11.0 Å². The Morgan fingerprint density at radius 2 is 1.90 bits per heavy atom. The highest BCUT2D eigenvalue weighted by Gasteiger charge is 2.13. The third kappa shape index (κ3) is 3.33. The molecule has 0 spiro atoms. The smallest absolute Gasteiger partial charge is 0.208 e. The monoisotopic (exact) mass is 384 g/mol. The number of hydrogen-bond acceptors (Lipinski definition) is 5. The Morgan fingerprint density at radius 1 is 1.03 bits per heavy atom. The van der Waals surface area contributed by atoms with Gasteiger partial charge in [0.25, 0.3) is 0 Å². The molecule has 0 fully saturated rings. The fraction of sp³-hybridized carbons (Fsp3) is 0.174. The second-order valence-corrected chi connectivity index (χ2v) is 7.24. The number of anilines is 2. The zero-order valence-electron chi connectivity index (χ0n) is 16.1. The molecule has 5 rings (SSSR count). The lowest BCUT2D eigenvalue weighted by atomic mass is 10.1. The van der Waals surface area contributed by atoms with E-state index in [1.54, 1.807) is 18.3 Å². The van der Waals surface area contributed by atoms with Crippen LogP contribution in [-0.2, 0) is 19.9 Å². The van der Waals surface area contributed by atoms with Gasteiger partial charge in [-0.05, 0) is 60.7 Å². The van der Waals surface area contributed by atoms with Crippen LogP contribution in [0.5, 0.6) is 11.5 Å². The van der Waals surface area contributed by atoms with Crippen LogP contribution in [0.1, 0.15) is 28.0 Å². The second-order valence-electron chi connectivity index (χ2n) is 7.24. The quantitative estimate of drug-likeness (QED) is 0.500. The van der Waals surface area contributed by atoms with Crippen molar-refractivity contribution in [2.24, 2.45) is 7.05 Å². The molecule has 2 aromatic carbocycles. The topological polar surface area (TPSA) is 69.0 Å².